The molecule has 0 aliphatic carbocycles. The molecule has 0 saturated carbocycles. The van der Waals surface area contributed by atoms with Gasteiger partial charge in [-0.1, -0.05) is 39.8 Å². The summed E-state index contributed by atoms with van der Waals surface area (Å²) < 4.78 is 1.89. The smallest absolute Gasteiger partial charge is 0.222 e. The molecule has 0 unspecified atom stereocenters. The van der Waals surface area contributed by atoms with Crippen LogP contribution in [0.1, 0.15) is 33.8 Å². The molecule has 0 bridgehead atoms. The number of carbonyl (C=O) groups excluding carboxylic acids is 2. The van der Waals surface area contributed by atoms with Gasteiger partial charge in [0.05, 0.1) is 12.1 Å². The summed E-state index contributed by atoms with van der Waals surface area (Å²) in [5, 5.41) is 0. The van der Waals surface area contributed by atoms with Gasteiger partial charge in [-0.15, -0.1) is 11.3 Å². The average Bonchev–Trinajstić information content (AvgIpc) is 2.83. The number of benzene rings is 1. The van der Waals surface area contributed by atoms with E-state index in [0.29, 0.717) is 6.42 Å². The summed E-state index contributed by atoms with van der Waals surface area (Å²) in [7, 11) is 0. The van der Waals surface area contributed by atoms with Gasteiger partial charge in [0.15, 0.2) is 5.78 Å². The molecule has 1 aromatic heterocycles. The van der Waals surface area contributed by atoms with Gasteiger partial charge >= 0.3 is 0 Å². The van der Waals surface area contributed by atoms with Gasteiger partial charge < -0.3 is 5.73 Å². The predicted molar refractivity (Wildman–Crippen MR) is 98.2 cm³/mol. The van der Waals surface area contributed by atoms with Crippen molar-refractivity contribution in [2.75, 3.05) is 5.75 Å². The molecule has 0 radical (unpaired) electrons. The summed E-state index contributed by atoms with van der Waals surface area (Å²) in [6.07, 6.45) is 1.56. The average molecular weight is 413 g/mol. The molecule has 0 aliphatic heterocycles. The molecule has 2 N–H and O–H groups in total. The summed E-state index contributed by atoms with van der Waals surface area (Å²) in [5.41, 5.74) is 6.82. The predicted octanol–water partition coefficient (Wildman–Crippen LogP) is 4.00. The zero-order valence-corrected chi connectivity index (χ0v) is 15.9. The molecule has 122 valence electrons. The van der Waals surface area contributed by atoms with Crippen molar-refractivity contribution >= 4 is 50.7 Å². The molecule has 1 amide bonds. The zero-order chi connectivity index (χ0) is 16.8. The van der Waals surface area contributed by atoms with Gasteiger partial charge in [0, 0.05) is 27.1 Å². The van der Waals surface area contributed by atoms with Crippen molar-refractivity contribution in [1.82, 2.24) is 4.98 Å². The summed E-state index contributed by atoms with van der Waals surface area (Å²) in [6.45, 7) is 1.88. The minimum Gasteiger partial charge on any atom is -0.369 e. The molecule has 0 spiro atoms. The number of hydrogen-bond acceptors (Lipinski definition) is 5. The number of primary amides is 1. The van der Waals surface area contributed by atoms with Gasteiger partial charge in [-0.25, -0.2) is 4.98 Å². The SMILES string of the molecule is Cc1nc(SCCCC(=O)c2ccc(Br)cc2)sc1CC(N)=O. The molecule has 0 aliphatic rings. The highest BCUT2D eigenvalue weighted by atomic mass is 79.9. The van der Waals surface area contributed by atoms with Crippen molar-refractivity contribution in [3.8, 4) is 0 Å². The number of carbonyl (C=O) groups is 2. The number of ketones is 1. The van der Waals surface area contributed by atoms with Crippen LogP contribution in [0.2, 0.25) is 0 Å². The first-order chi connectivity index (χ1) is 11.0. The minimum absolute atomic E-state index is 0.155. The maximum atomic E-state index is 12.1. The fraction of sp³-hybridized carbons (Fsp3) is 0.312. The number of rotatable bonds is 8. The number of thioether (sulfide) groups is 1. The molecule has 4 nitrogen and oxygen atoms in total. The van der Waals surface area contributed by atoms with E-state index in [0.717, 1.165) is 37.1 Å². The van der Waals surface area contributed by atoms with Gasteiger partial charge in [0.25, 0.3) is 0 Å². The van der Waals surface area contributed by atoms with Gasteiger partial charge in [-0.2, -0.15) is 0 Å². The Morgan fingerprint density at radius 1 is 1.30 bits per heavy atom. The molecule has 2 rings (SSSR count). The van der Waals surface area contributed by atoms with Crippen LogP contribution in [0.3, 0.4) is 0 Å². The molecule has 0 fully saturated rings. The van der Waals surface area contributed by atoms with Crippen LogP contribution in [0.25, 0.3) is 0 Å². The highest BCUT2D eigenvalue weighted by Gasteiger charge is 2.11. The van der Waals surface area contributed by atoms with Crippen LogP contribution in [-0.2, 0) is 11.2 Å². The third-order valence-corrected chi connectivity index (χ3v) is 6.06. The minimum atomic E-state index is -0.339. The van der Waals surface area contributed by atoms with E-state index in [-0.39, 0.29) is 18.1 Å². The first-order valence-corrected chi connectivity index (χ1v) is 9.71. The lowest BCUT2D eigenvalue weighted by Crippen LogP contribution is -2.13. The zero-order valence-electron chi connectivity index (χ0n) is 12.7. The van der Waals surface area contributed by atoms with E-state index in [4.69, 9.17) is 5.73 Å². The molecular weight excluding hydrogens is 396 g/mol. The second-order valence-electron chi connectivity index (χ2n) is 5.01. The van der Waals surface area contributed by atoms with Crippen molar-refractivity contribution in [2.24, 2.45) is 5.73 Å². The molecule has 1 heterocycles. The van der Waals surface area contributed by atoms with E-state index in [1.165, 1.54) is 11.3 Å². The van der Waals surface area contributed by atoms with Crippen LogP contribution in [0.15, 0.2) is 33.1 Å². The molecule has 1 aromatic carbocycles. The summed E-state index contributed by atoms with van der Waals surface area (Å²) in [4.78, 5) is 28.4. The fourth-order valence-electron chi connectivity index (χ4n) is 1.96. The molecule has 0 atom stereocenters. The topological polar surface area (TPSA) is 73.1 Å². The molecule has 2 aromatic rings. The molecule has 7 heteroatoms. The second kappa shape index (κ2) is 8.61. The highest BCUT2D eigenvalue weighted by molar-refractivity contribution is 9.10. The molecular formula is C16H17BrN2O2S2. The number of thiazole rings is 1. The molecule has 23 heavy (non-hydrogen) atoms. The van der Waals surface area contributed by atoms with Gasteiger partial charge in [0.1, 0.15) is 4.34 Å². The van der Waals surface area contributed by atoms with Crippen LogP contribution in [-0.4, -0.2) is 22.4 Å². The third-order valence-electron chi connectivity index (χ3n) is 3.15. The number of nitrogens with zero attached hydrogens (tertiary/aromatic N) is 1. The van der Waals surface area contributed by atoms with E-state index < -0.39 is 0 Å². The van der Waals surface area contributed by atoms with Crippen molar-refractivity contribution in [1.29, 1.82) is 0 Å². The fourth-order valence-corrected chi connectivity index (χ4v) is 4.48. The van der Waals surface area contributed by atoms with Crippen molar-refractivity contribution < 1.29 is 9.59 Å². The van der Waals surface area contributed by atoms with Crippen LogP contribution in [0.4, 0.5) is 0 Å². The van der Waals surface area contributed by atoms with Crippen molar-refractivity contribution in [3.05, 3.63) is 44.9 Å². The third kappa shape index (κ3) is 5.75. The highest BCUT2D eigenvalue weighted by Crippen LogP contribution is 2.28. The lowest BCUT2D eigenvalue weighted by atomic mass is 10.1. The number of nitrogens with two attached hydrogens (primary N) is 1. The number of Topliss-reactive ketones (excluding diaryl/α,β-unsaturated/α-hetero) is 1. The van der Waals surface area contributed by atoms with Gasteiger partial charge in [-0.3, -0.25) is 9.59 Å². The van der Waals surface area contributed by atoms with Gasteiger partial charge in [0.2, 0.25) is 5.91 Å². The number of amides is 1. The van der Waals surface area contributed by atoms with E-state index in [9.17, 15) is 9.59 Å². The van der Waals surface area contributed by atoms with Crippen molar-refractivity contribution in [2.45, 2.75) is 30.5 Å². The summed E-state index contributed by atoms with van der Waals surface area (Å²) in [6, 6.07) is 7.42. The largest absolute Gasteiger partial charge is 0.369 e. The van der Waals surface area contributed by atoms with Crippen LogP contribution in [0.5, 0.6) is 0 Å². The number of hydrogen-bond donors (Lipinski definition) is 1. The van der Waals surface area contributed by atoms with E-state index in [2.05, 4.69) is 20.9 Å². The summed E-state index contributed by atoms with van der Waals surface area (Å²) >= 11 is 6.48. The Hall–Kier alpha value is -1.18. The lowest BCUT2D eigenvalue weighted by molar-refractivity contribution is -0.117. The Labute approximate surface area is 152 Å². The van der Waals surface area contributed by atoms with E-state index in [1.54, 1.807) is 11.8 Å². The van der Waals surface area contributed by atoms with Crippen LogP contribution >= 0.6 is 39.0 Å². The van der Waals surface area contributed by atoms with Gasteiger partial charge in [-0.05, 0) is 25.5 Å². The number of aromatic nitrogens is 1. The Kier molecular flexibility index (Phi) is 6.80. The lowest BCUT2D eigenvalue weighted by Gasteiger charge is -2.01. The Bertz CT molecular complexity index is 699. The monoisotopic (exact) mass is 412 g/mol. The Morgan fingerprint density at radius 3 is 2.65 bits per heavy atom. The van der Waals surface area contributed by atoms with Crippen LogP contribution in [0, 0.1) is 6.92 Å². The Morgan fingerprint density at radius 2 is 2.00 bits per heavy atom. The quantitative estimate of drug-likeness (QED) is 0.403. The van der Waals surface area contributed by atoms with Crippen molar-refractivity contribution in [3.63, 3.8) is 0 Å². The Balaban J connectivity index is 1.78. The number of aryl methyl sites for hydroxylation is 1. The first kappa shape index (κ1) is 18.2. The second-order valence-corrected chi connectivity index (χ2v) is 8.35. The maximum absolute atomic E-state index is 12.1. The first-order valence-electron chi connectivity index (χ1n) is 7.12. The van der Waals surface area contributed by atoms with Crippen LogP contribution < -0.4 is 5.73 Å². The standard InChI is InChI=1S/C16H17BrN2O2S2/c1-10-14(9-15(18)21)23-16(19-10)22-8-2-3-13(20)11-4-6-12(17)7-5-11/h4-7H,2-3,8-9H2,1H3,(H2,18,21). The number of halogens is 1. The van der Waals surface area contributed by atoms with E-state index in [1.807, 2.05) is 31.2 Å². The normalized spacial score (nSPS) is 10.7. The maximum Gasteiger partial charge on any atom is 0.222 e. The van der Waals surface area contributed by atoms with E-state index >= 15 is 0 Å². The summed E-state index contributed by atoms with van der Waals surface area (Å²) in [5.74, 6) is 0.641. The molecule has 0 saturated heterocycles.